The summed E-state index contributed by atoms with van der Waals surface area (Å²) in [4.78, 5) is 30.2. The molecule has 6 heteroatoms. The fourth-order valence-corrected chi connectivity index (χ4v) is 3.65. The van der Waals surface area contributed by atoms with Gasteiger partial charge in [-0.1, -0.05) is 48.5 Å². The molecule has 1 aromatic heterocycles. The summed E-state index contributed by atoms with van der Waals surface area (Å²) in [7, 11) is 0. The highest BCUT2D eigenvalue weighted by atomic mass is 16.2. The number of nitrogens with zero attached hydrogens (tertiary/aromatic N) is 2. The number of anilines is 1. The monoisotopic (exact) mass is 388 g/mol. The number of rotatable bonds is 5. The minimum atomic E-state index is -0.287. The van der Waals surface area contributed by atoms with Gasteiger partial charge in [0.2, 0.25) is 0 Å². The number of aromatic nitrogens is 2. The lowest BCUT2D eigenvalue weighted by atomic mass is 10.1. The molecule has 0 radical (unpaired) electrons. The van der Waals surface area contributed by atoms with E-state index in [1.54, 1.807) is 0 Å². The summed E-state index contributed by atoms with van der Waals surface area (Å²) in [5, 5.41) is 5.86. The molecule has 0 saturated heterocycles. The van der Waals surface area contributed by atoms with Crippen LogP contribution in [0.15, 0.2) is 54.6 Å². The Kier molecular flexibility index (Phi) is 5.42. The van der Waals surface area contributed by atoms with E-state index in [-0.39, 0.29) is 11.8 Å². The van der Waals surface area contributed by atoms with Crippen LogP contribution in [0.1, 0.15) is 50.8 Å². The molecule has 6 nitrogen and oxygen atoms in total. The van der Waals surface area contributed by atoms with E-state index >= 15 is 0 Å². The minimum absolute atomic E-state index is 0.241. The first-order valence-electron chi connectivity index (χ1n) is 9.92. The molecule has 0 atom stereocenters. The molecular formula is C23H24N4O2. The molecule has 148 valence electrons. The Balaban J connectivity index is 1.57. The molecule has 2 heterocycles. The Hall–Kier alpha value is -3.41. The maximum atomic E-state index is 12.9. The molecule has 0 spiro atoms. The third kappa shape index (κ3) is 4.06. The van der Waals surface area contributed by atoms with Crippen molar-refractivity contribution in [3.63, 3.8) is 0 Å². The van der Waals surface area contributed by atoms with Crippen LogP contribution in [0.3, 0.4) is 0 Å². The molecule has 0 saturated carbocycles. The molecule has 0 bridgehead atoms. The van der Waals surface area contributed by atoms with Crippen molar-refractivity contribution >= 4 is 17.5 Å². The Morgan fingerprint density at radius 3 is 2.55 bits per heavy atom. The highest BCUT2D eigenvalue weighted by Gasteiger charge is 2.27. The van der Waals surface area contributed by atoms with Gasteiger partial charge in [0.05, 0.1) is 5.69 Å². The Labute approximate surface area is 170 Å². The molecule has 2 aromatic carbocycles. The van der Waals surface area contributed by atoms with Gasteiger partial charge in [0.15, 0.2) is 5.82 Å². The summed E-state index contributed by atoms with van der Waals surface area (Å²) < 4.78 is 1.90. The van der Waals surface area contributed by atoms with Crippen LogP contribution < -0.4 is 10.6 Å². The fraction of sp³-hybridized carbons (Fsp3) is 0.261. The minimum Gasteiger partial charge on any atom is -0.347 e. The molecule has 2 N–H and O–H groups in total. The zero-order valence-electron chi connectivity index (χ0n) is 16.4. The molecule has 4 rings (SSSR count). The third-order valence-corrected chi connectivity index (χ3v) is 5.23. The van der Waals surface area contributed by atoms with E-state index in [1.165, 1.54) is 0 Å². The third-order valence-electron chi connectivity index (χ3n) is 5.23. The number of amides is 2. The lowest BCUT2D eigenvalue weighted by Gasteiger charge is -2.17. The van der Waals surface area contributed by atoms with Crippen molar-refractivity contribution in [2.45, 2.75) is 39.3 Å². The number of hydrogen-bond acceptors (Lipinski definition) is 3. The van der Waals surface area contributed by atoms with E-state index in [0.717, 1.165) is 41.8 Å². The van der Waals surface area contributed by atoms with Crippen LogP contribution in [0.4, 0.5) is 5.69 Å². The van der Waals surface area contributed by atoms with Crippen molar-refractivity contribution in [1.82, 2.24) is 14.9 Å². The van der Waals surface area contributed by atoms with E-state index < -0.39 is 0 Å². The zero-order valence-corrected chi connectivity index (χ0v) is 16.4. The average Bonchev–Trinajstić information content (AvgIpc) is 3.14. The number of imidazole rings is 1. The largest absolute Gasteiger partial charge is 0.347 e. The van der Waals surface area contributed by atoms with Crippen molar-refractivity contribution in [1.29, 1.82) is 0 Å². The van der Waals surface area contributed by atoms with E-state index in [0.29, 0.717) is 24.6 Å². The van der Waals surface area contributed by atoms with Crippen LogP contribution in [-0.2, 0) is 19.5 Å². The summed E-state index contributed by atoms with van der Waals surface area (Å²) in [6.45, 7) is 3.07. The van der Waals surface area contributed by atoms with Gasteiger partial charge in [-0.2, -0.15) is 0 Å². The van der Waals surface area contributed by atoms with Gasteiger partial charge in [0, 0.05) is 18.8 Å². The van der Waals surface area contributed by atoms with Crippen molar-refractivity contribution in [2.75, 3.05) is 5.32 Å². The molecule has 0 aliphatic carbocycles. The van der Waals surface area contributed by atoms with Gasteiger partial charge >= 0.3 is 0 Å². The van der Waals surface area contributed by atoms with Crippen LogP contribution in [0.25, 0.3) is 0 Å². The second-order valence-electron chi connectivity index (χ2n) is 7.28. The maximum Gasteiger partial charge on any atom is 0.291 e. The van der Waals surface area contributed by atoms with Gasteiger partial charge in [-0.3, -0.25) is 9.59 Å². The lowest BCUT2D eigenvalue weighted by molar-refractivity contribution is 0.0945. The van der Waals surface area contributed by atoms with Gasteiger partial charge in [0.1, 0.15) is 5.69 Å². The summed E-state index contributed by atoms with van der Waals surface area (Å²) in [5.41, 5.74) is 3.95. The number of carbonyl (C=O) groups excluding carboxylic acids is 2. The first-order chi connectivity index (χ1) is 14.1. The number of hydrogen-bond donors (Lipinski definition) is 2. The van der Waals surface area contributed by atoms with Gasteiger partial charge < -0.3 is 15.2 Å². The summed E-state index contributed by atoms with van der Waals surface area (Å²) in [5.74, 6) is -0.230. The second-order valence-corrected chi connectivity index (χ2v) is 7.28. The quantitative estimate of drug-likeness (QED) is 0.700. The number of fused-ring (bicyclic) bond motifs is 1. The van der Waals surface area contributed by atoms with Crippen LogP contribution in [0.5, 0.6) is 0 Å². The molecule has 2 amide bonds. The van der Waals surface area contributed by atoms with Gasteiger partial charge in [-0.05, 0) is 43.4 Å². The second kappa shape index (κ2) is 8.31. The number of para-hydroxylation sites is 1. The Morgan fingerprint density at radius 2 is 1.76 bits per heavy atom. The average molecular weight is 388 g/mol. The summed E-state index contributed by atoms with van der Waals surface area (Å²) in [6, 6.07) is 17.4. The molecular weight excluding hydrogens is 364 g/mol. The van der Waals surface area contributed by atoms with Crippen LogP contribution in [-0.4, -0.2) is 21.4 Å². The molecule has 1 aliphatic heterocycles. The predicted octanol–water partition coefficient (Wildman–Crippen LogP) is 3.71. The highest BCUT2D eigenvalue weighted by molar-refractivity contribution is 6.04. The predicted molar refractivity (Wildman–Crippen MR) is 112 cm³/mol. The fourth-order valence-electron chi connectivity index (χ4n) is 3.65. The number of aryl methyl sites for hydroxylation is 1. The summed E-state index contributed by atoms with van der Waals surface area (Å²) >= 11 is 0. The normalized spacial score (nSPS) is 12.9. The van der Waals surface area contributed by atoms with Crippen LogP contribution in [0, 0.1) is 6.92 Å². The Bertz CT molecular complexity index is 1040. The SMILES string of the molecule is Cc1ccccc1NC(=O)c1nc(C(=O)NCc2ccccc2)c2n1CCCC2. The van der Waals surface area contributed by atoms with Crippen molar-refractivity contribution < 1.29 is 9.59 Å². The number of benzene rings is 2. The first-order valence-corrected chi connectivity index (χ1v) is 9.92. The molecule has 1 aliphatic rings. The topological polar surface area (TPSA) is 76.0 Å². The lowest BCUT2D eigenvalue weighted by Crippen LogP contribution is -2.25. The highest BCUT2D eigenvalue weighted by Crippen LogP contribution is 2.22. The first kappa shape index (κ1) is 18.9. The Morgan fingerprint density at radius 1 is 1.00 bits per heavy atom. The molecule has 29 heavy (non-hydrogen) atoms. The molecule has 0 fully saturated rings. The van der Waals surface area contributed by atoms with Crippen molar-refractivity contribution in [3.05, 3.63) is 82.9 Å². The van der Waals surface area contributed by atoms with Crippen molar-refractivity contribution in [2.24, 2.45) is 0 Å². The summed E-state index contributed by atoms with van der Waals surface area (Å²) in [6.07, 6.45) is 2.71. The van der Waals surface area contributed by atoms with Gasteiger partial charge in [0.25, 0.3) is 11.8 Å². The zero-order chi connectivity index (χ0) is 20.2. The van der Waals surface area contributed by atoms with Crippen molar-refractivity contribution in [3.8, 4) is 0 Å². The number of nitrogens with one attached hydrogen (secondary N) is 2. The van der Waals surface area contributed by atoms with E-state index in [1.807, 2.05) is 66.1 Å². The molecule has 0 unspecified atom stereocenters. The maximum absolute atomic E-state index is 12.9. The van der Waals surface area contributed by atoms with Gasteiger partial charge in [-0.25, -0.2) is 4.98 Å². The number of carbonyl (C=O) groups is 2. The van der Waals surface area contributed by atoms with E-state index in [4.69, 9.17) is 0 Å². The smallest absolute Gasteiger partial charge is 0.291 e. The van der Waals surface area contributed by atoms with E-state index in [9.17, 15) is 9.59 Å². The molecule has 3 aromatic rings. The van der Waals surface area contributed by atoms with Gasteiger partial charge in [-0.15, -0.1) is 0 Å². The van der Waals surface area contributed by atoms with E-state index in [2.05, 4.69) is 15.6 Å². The van der Waals surface area contributed by atoms with Crippen LogP contribution in [0.2, 0.25) is 0 Å². The standard InChI is InChI=1S/C23H24N4O2/c1-16-9-5-6-12-18(16)25-23(29)21-26-20(19-13-7-8-14-27(19)21)22(28)24-15-17-10-3-2-4-11-17/h2-6,9-12H,7-8,13-15H2,1H3,(H,24,28)(H,25,29). The van der Waals surface area contributed by atoms with Crippen LogP contribution >= 0.6 is 0 Å².